The normalized spacial score (nSPS) is 34.0. The van der Waals surface area contributed by atoms with E-state index < -0.39 is 0 Å². The van der Waals surface area contributed by atoms with Crippen LogP contribution in [0.1, 0.15) is 66.2 Å². The zero-order chi connectivity index (χ0) is 14.9. The summed E-state index contributed by atoms with van der Waals surface area (Å²) in [7, 11) is 0. The lowest BCUT2D eigenvalue weighted by molar-refractivity contribution is -0.156. The first-order valence-electron chi connectivity index (χ1n) is 8.05. The van der Waals surface area contributed by atoms with Crippen molar-refractivity contribution in [2.24, 2.45) is 5.41 Å². The quantitative estimate of drug-likeness (QED) is 0.863. The molecule has 1 aliphatic carbocycles. The minimum atomic E-state index is -0.331. The molecule has 4 heteroatoms. The van der Waals surface area contributed by atoms with Crippen LogP contribution < -0.4 is 5.32 Å². The zero-order valence-corrected chi connectivity index (χ0v) is 13.2. The second kappa shape index (κ2) is 5.74. The minimum Gasteiger partial charge on any atom is -0.343 e. The van der Waals surface area contributed by atoms with Gasteiger partial charge in [0.05, 0.1) is 0 Å². The van der Waals surface area contributed by atoms with Crippen molar-refractivity contribution in [1.82, 2.24) is 10.2 Å². The van der Waals surface area contributed by atoms with Crippen LogP contribution in [0.3, 0.4) is 0 Å². The highest BCUT2D eigenvalue weighted by atomic mass is 16.2. The van der Waals surface area contributed by atoms with E-state index in [1.54, 1.807) is 0 Å². The van der Waals surface area contributed by atoms with Crippen molar-refractivity contribution in [2.75, 3.05) is 0 Å². The van der Waals surface area contributed by atoms with Gasteiger partial charge in [0, 0.05) is 6.04 Å². The van der Waals surface area contributed by atoms with Crippen molar-refractivity contribution >= 4 is 11.8 Å². The fourth-order valence-electron chi connectivity index (χ4n) is 3.81. The van der Waals surface area contributed by atoms with Gasteiger partial charge in [-0.3, -0.25) is 9.59 Å². The number of nitrogens with one attached hydrogen (secondary N) is 1. The highest BCUT2D eigenvalue weighted by Crippen LogP contribution is 2.40. The van der Waals surface area contributed by atoms with Crippen LogP contribution in [-0.4, -0.2) is 34.8 Å². The van der Waals surface area contributed by atoms with Crippen molar-refractivity contribution in [3.8, 4) is 0 Å². The molecule has 2 fully saturated rings. The number of carbonyl (C=O) groups excluding carboxylic acids is 2. The summed E-state index contributed by atoms with van der Waals surface area (Å²) in [4.78, 5) is 27.0. The third kappa shape index (κ3) is 2.57. The largest absolute Gasteiger partial charge is 0.343 e. The molecule has 0 aromatic heterocycles. The topological polar surface area (TPSA) is 49.4 Å². The number of nitrogens with zero attached hydrogens (tertiary/aromatic N) is 1. The summed E-state index contributed by atoms with van der Waals surface area (Å²) >= 11 is 0. The Morgan fingerprint density at radius 1 is 1.20 bits per heavy atom. The fourth-order valence-corrected chi connectivity index (χ4v) is 3.81. The maximum Gasteiger partial charge on any atom is 0.246 e. The molecular weight excluding hydrogens is 252 g/mol. The molecule has 1 saturated heterocycles. The van der Waals surface area contributed by atoms with Crippen LogP contribution in [0.5, 0.6) is 0 Å². The molecule has 1 saturated carbocycles. The van der Waals surface area contributed by atoms with Crippen molar-refractivity contribution < 1.29 is 9.59 Å². The van der Waals surface area contributed by atoms with Crippen LogP contribution in [0.2, 0.25) is 0 Å². The molecule has 0 aromatic rings. The fraction of sp³-hybridized carbons (Fsp3) is 0.875. The first-order valence-corrected chi connectivity index (χ1v) is 8.05. The second-order valence-corrected chi connectivity index (χ2v) is 6.89. The summed E-state index contributed by atoms with van der Waals surface area (Å²) in [5.74, 6) is 0.152. The van der Waals surface area contributed by atoms with Crippen LogP contribution in [-0.2, 0) is 9.59 Å². The maximum atomic E-state index is 12.8. The van der Waals surface area contributed by atoms with Crippen molar-refractivity contribution in [3.63, 3.8) is 0 Å². The van der Waals surface area contributed by atoms with Gasteiger partial charge in [-0.15, -0.1) is 0 Å². The summed E-state index contributed by atoms with van der Waals surface area (Å²) in [6.45, 7) is 8.43. The summed E-state index contributed by atoms with van der Waals surface area (Å²) < 4.78 is 0. The number of piperazine rings is 1. The molecule has 0 bridgehead atoms. The Morgan fingerprint density at radius 2 is 1.90 bits per heavy atom. The van der Waals surface area contributed by atoms with E-state index in [1.807, 2.05) is 18.7 Å². The molecule has 3 unspecified atom stereocenters. The van der Waals surface area contributed by atoms with Gasteiger partial charge in [0.2, 0.25) is 11.8 Å². The highest BCUT2D eigenvalue weighted by molar-refractivity contribution is 5.97. The van der Waals surface area contributed by atoms with E-state index in [0.29, 0.717) is 12.8 Å². The average Bonchev–Trinajstić information content (AvgIpc) is 2.40. The first-order chi connectivity index (χ1) is 9.42. The lowest BCUT2D eigenvalue weighted by Gasteiger charge is -2.50. The Bertz CT molecular complexity index is 392. The van der Waals surface area contributed by atoms with Gasteiger partial charge in [-0.25, -0.2) is 0 Å². The molecule has 20 heavy (non-hydrogen) atoms. The van der Waals surface area contributed by atoms with E-state index in [4.69, 9.17) is 0 Å². The van der Waals surface area contributed by atoms with E-state index in [2.05, 4.69) is 19.2 Å². The van der Waals surface area contributed by atoms with Gasteiger partial charge in [-0.1, -0.05) is 40.5 Å². The smallest absolute Gasteiger partial charge is 0.246 e. The first kappa shape index (κ1) is 15.3. The maximum absolute atomic E-state index is 12.8. The van der Waals surface area contributed by atoms with Gasteiger partial charge < -0.3 is 10.2 Å². The van der Waals surface area contributed by atoms with Gasteiger partial charge in [0.1, 0.15) is 12.1 Å². The van der Waals surface area contributed by atoms with Crippen LogP contribution in [0.25, 0.3) is 0 Å². The van der Waals surface area contributed by atoms with Crippen molar-refractivity contribution in [1.29, 1.82) is 0 Å². The second-order valence-electron chi connectivity index (χ2n) is 6.89. The lowest BCUT2D eigenvalue weighted by atomic mass is 9.71. The number of hydrogen-bond acceptors (Lipinski definition) is 2. The Balaban J connectivity index is 2.32. The summed E-state index contributed by atoms with van der Waals surface area (Å²) in [5.41, 5.74) is 0.108. The van der Waals surface area contributed by atoms with Crippen molar-refractivity contribution in [3.05, 3.63) is 0 Å². The minimum absolute atomic E-state index is 0.0281. The van der Waals surface area contributed by atoms with E-state index in [0.717, 1.165) is 19.3 Å². The molecule has 0 aromatic carbocycles. The third-order valence-electron chi connectivity index (χ3n) is 5.09. The molecule has 2 aliphatic rings. The Hall–Kier alpha value is -1.06. The number of rotatable bonds is 3. The van der Waals surface area contributed by atoms with Crippen molar-refractivity contribution in [2.45, 2.75) is 84.3 Å². The van der Waals surface area contributed by atoms with Gasteiger partial charge in [-0.05, 0) is 31.1 Å². The van der Waals surface area contributed by atoms with Crippen LogP contribution in [0.4, 0.5) is 0 Å². The van der Waals surface area contributed by atoms with Crippen LogP contribution >= 0.6 is 0 Å². The number of carbonyl (C=O) groups is 2. The molecule has 2 amide bonds. The van der Waals surface area contributed by atoms with E-state index in [1.165, 1.54) is 6.42 Å². The molecular formula is C16H28N2O2. The summed E-state index contributed by atoms with van der Waals surface area (Å²) in [6, 6.07) is -0.412. The Kier molecular flexibility index (Phi) is 4.40. The molecule has 1 aliphatic heterocycles. The number of hydrogen-bond donors (Lipinski definition) is 1. The van der Waals surface area contributed by atoms with Gasteiger partial charge in [0.25, 0.3) is 0 Å². The SMILES string of the molecule is CCC1NC(=O)C(CC)N(C2CCCCC2(C)C)C1=O. The van der Waals surface area contributed by atoms with E-state index >= 15 is 0 Å². The Labute approximate surface area is 122 Å². The Morgan fingerprint density at radius 3 is 2.45 bits per heavy atom. The molecule has 1 heterocycles. The van der Waals surface area contributed by atoms with E-state index in [-0.39, 0.29) is 35.4 Å². The van der Waals surface area contributed by atoms with E-state index in [9.17, 15) is 9.59 Å². The molecule has 114 valence electrons. The number of amides is 2. The molecule has 0 radical (unpaired) electrons. The van der Waals surface area contributed by atoms with Crippen LogP contribution in [0.15, 0.2) is 0 Å². The van der Waals surface area contributed by atoms with Gasteiger partial charge in [0.15, 0.2) is 0 Å². The zero-order valence-electron chi connectivity index (χ0n) is 13.2. The molecule has 0 spiro atoms. The molecule has 4 nitrogen and oxygen atoms in total. The third-order valence-corrected chi connectivity index (χ3v) is 5.09. The molecule has 2 rings (SSSR count). The average molecular weight is 280 g/mol. The van der Waals surface area contributed by atoms with Gasteiger partial charge in [-0.2, -0.15) is 0 Å². The monoisotopic (exact) mass is 280 g/mol. The summed E-state index contributed by atoms with van der Waals surface area (Å²) in [6.07, 6.45) is 5.92. The summed E-state index contributed by atoms with van der Waals surface area (Å²) in [5, 5.41) is 2.88. The van der Waals surface area contributed by atoms with Crippen LogP contribution in [0, 0.1) is 5.41 Å². The predicted octanol–water partition coefficient (Wildman–Crippen LogP) is 2.47. The predicted molar refractivity (Wildman–Crippen MR) is 79.2 cm³/mol. The lowest BCUT2D eigenvalue weighted by Crippen LogP contribution is -2.67. The molecule has 3 atom stereocenters. The molecule has 1 N–H and O–H groups in total. The highest BCUT2D eigenvalue weighted by Gasteiger charge is 2.47. The van der Waals surface area contributed by atoms with Gasteiger partial charge >= 0.3 is 0 Å². The standard InChI is InChI=1S/C16H28N2O2/c1-5-11-15(20)18(12(6-2)14(19)17-11)13-9-7-8-10-16(13,3)4/h11-13H,5-10H2,1-4H3,(H,17,19).